The van der Waals surface area contributed by atoms with Crippen molar-refractivity contribution in [1.82, 2.24) is 4.98 Å². The van der Waals surface area contributed by atoms with E-state index in [0.717, 1.165) is 29.8 Å². The number of aromatic nitrogens is 1. The van der Waals surface area contributed by atoms with E-state index in [1.807, 2.05) is 6.07 Å². The Morgan fingerprint density at radius 1 is 1.22 bits per heavy atom. The molecule has 0 saturated heterocycles. The molecule has 1 aliphatic carbocycles. The van der Waals surface area contributed by atoms with Crippen LogP contribution in [0.5, 0.6) is 5.75 Å². The Balaban J connectivity index is 1.33. The average molecular weight is 448 g/mol. The van der Waals surface area contributed by atoms with Gasteiger partial charge in [0.05, 0.1) is 17.3 Å². The molecule has 1 heterocycles. The zero-order valence-electron chi connectivity index (χ0n) is 17.1. The zero-order valence-corrected chi connectivity index (χ0v) is 17.9. The molecule has 3 aromatic rings. The van der Waals surface area contributed by atoms with E-state index in [4.69, 9.17) is 15.7 Å². The van der Waals surface area contributed by atoms with Gasteiger partial charge in [0, 0.05) is 22.2 Å². The quantitative estimate of drug-likeness (QED) is 0.532. The Labute approximate surface area is 189 Å². The summed E-state index contributed by atoms with van der Waals surface area (Å²) in [6.07, 6.45) is 2.52. The van der Waals surface area contributed by atoms with Crippen LogP contribution >= 0.6 is 11.3 Å². The molecule has 8 nitrogen and oxygen atoms in total. The molecular formula is C23H21N5O3S. The van der Waals surface area contributed by atoms with Gasteiger partial charge in [-0.25, -0.2) is 4.98 Å². The lowest BCUT2D eigenvalue weighted by molar-refractivity contribution is -0.118. The summed E-state index contributed by atoms with van der Waals surface area (Å²) in [5, 5.41) is 14.9. The van der Waals surface area contributed by atoms with Crippen LogP contribution in [0.25, 0.3) is 0 Å². The minimum Gasteiger partial charge on any atom is -0.484 e. The van der Waals surface area contributed by atoms with Crippen LogP contribution in [0.4, 0.5) is 10.8 Å². The number of anilines is 2. The maximum atomic E-state index is 12.6. The summed E-state index contributed by atoms with van der Waals surface area (Å²) < 4.78 is 5.53. The van der Waals surface area contributed by atoms with E-state index in [9.17, 15) is 9.59 Å². The first kappa shape index (κ1) is 21.5. The molecule has 0 bridgehead atoms. The number of nitrogens with two attached hydrogens (primary N) is 1. The molecule has 0 radical (unpaired) electrons. The molecule has 0 fully saturated rings. The fourth-order valence-corrected chi connectivity index (χ4v) is 4.42. The van der Waals surface area contributed by atoms with E-state index in [1.54, 1.807) is 48.5 Å². The van der Waals surface area contributed by atoms with Crippen LogP contribution in [0.15, 0.2) is 48.5 Å². The molecule has 0 saturated carbocycles. The second kappa shape index (κ2) is 9.60. The van der Waals surface area contributed by atoms with E-state index in [1.165, 1.54) is 11.3 Å². The van der Waals surface area contributed by atoms with Gasteiger partial charge in [0.15, 0.2) is 11.7 Å². The summed E-state index contributed by atoms with van der Waals surface area (Å²) in [6.45, 7) is -0.218. The fourth-order valence-electron chi connectivity index (χ4n) is 3.32. The van der Waals surface area contributed by atoms with Crippen molar-refractivity contribution in [2.75, 3.05) is 17.2 Å². The molecule has 1 atom stereocenters. The predicted octanol–water partition coefficient (Wildman–Crippen LogP) is 3.10. The van der Waals surface area contributed by atoms with Gasteiger partial charge in [-0.3, -0.25) is 14.9 Å². The first-order chi connectivity index (χ1) is 15.5. The number of nitrogens with zero attached hydrogens (tertiary/aromatic N) is 2. The normalized spacial score (nSPS) is 14.7. The third-order valence-corrected chi connectivity index (χ3v) is 6.00. The Bertz CT molecular complexity index is 1180. The van der Waals surface area contributed by atoms with Crippen molar-refractivity contribution in [2.24, 2.45) is 5.73 Å². The summed E-state index contributed by atoms with van der Waals surface area (Å²) >= 11 is 1.46. The summed E-state index contributed by atoms with van der Waals surface area (Å²) in [5.41, 5.74) is 8.50. The highest BCUT2D eigenvalue weighted by atomic mass is 32.1. The highest BCUT2D eigenvalue weighted by Gasteiger charge is 2.21. The molecule has 0 unspecified atom stereocenters. The highest BCUT2D eigenvalue weighted by Crippen LogP contribution is 2.29. The minimum atomic E-state index is -0.351. The maximum absolute atomic E-state index is 12.6. The number of carbonyl (C=O) groups is 2. The Kier molecular flexibility index (Phi) is 6.44. The van der Waals surface area contributed by atoms with E-state index < -0.39 is 0 Å². The number of ether oxygens (including phenoxy) is 1. The first-order valence-corrected chi connectivity index (χ1v) is 10.9. The van der Waals surface area contributed by atoms with E-state index in [2.05, 4.69) is 15.6 Å². The maximum Gasteiger partial charge on any atom is 0.262 e. The molecule has 9 heteroatoms. The second-order valence-electron chi connectivity index (χ2n) is 7.40. The van der Waals surface area contributed by atoms with Gasteiger partial charge in [-0.2, -0.15) is 5.26 Å². The largest absolute Gasteiger partial charge is 0.484 e. The van der Waals surface area contributed by atoms with Crippen molar-refractivity contribution < 1.29 is 14.3 Å². The van der Waals surface area contributed by atoms with Gasteiger partial charge in [-0.05, 0) is 61.7 Å². The van der Waals surface area contributed by atoms with E-state index in [0.29, 0.717) is 27.7 Å². The number of amides is 2. The molecule has 4 N–H and O–H groups in total. The van der Waals surface area contributed by atoms with Crippen molar-refractivity contribution in [3.63, 3.8) is 0 Å². The summed E-state index contributed by atoms with van der Waals surface area (Å²) in [5.74, 6) is -0.249. The number of hydrogen-bond donors (Lipinski definition) is 3. The smallest absolute Gasteiger partial charge is 0.262 e. The van der Waals surface area contributed by atoms with Gasteiger partial charge in [0.1, 0.15) is 5.75 Å². The van der Waals surface area contributed by atoms with Crippen molar-refractivity contribution in [3.05, 3.63) is 70.2 Å². The molecule has 162 valence electrons. The summed E-state index contributed by atoms with van der Waals surface area (Å²) in [6, 6.07) is 15.3. The number of nitrogens with one attached hydrogen (secondary N) is 2. The Morgan fingerprint density at radius 2 is 2.03 bits per heavy atom. The number of fused-ring (bicyclic) bond motifs is 1. The number of rotatable bonds is 6. The van der Waals surface area contributed by atoms with Gasteiger partial charge in [0.25, 0.3) is 11.8 Å². The Morgan fingerprint density at radius 3 is 2.81 bits per heavy atom. The van der Waals surface area contributed by atoms with Crippen molar-refractivity contribution >= 4 is 34.0 Å². The minimum absolute atomic E-state index is 0.148. The second-order valence-corrected chi connectivity index (χ2v) is 8.48. The summed E-state index contributed by atoms with van der Waals surface area (Å²) in [7, 11) is 0. The third kappa shape index (κ3) is 5.29. The lowest BCUT2D eigenvalue weighted by Crippen LogP contribution is -2.27. The van der Waals surface area contributed by atoms with Gasteiger partial charge in [0.2, 0.25) is 0 Å². The van der Waals surface area contributed by atoms with Crippen LogP contribution < -0.4 is 21.1 Å². The third-order valence-electron chi connectivity index (χ3n) is 4.96. The van der Waals surface area contributed by atoms with E-state index >= 15 is 0 Å². The number of aryl methyl sites for hydroxylation is 1. The van der Waals surface area contributed by atoms with Crippen molar-refractivity contribution in [1.29, 1.82) is 5.26 Å². The lowest BCUT2D eigenvalue weighted by atomic mass is 9.99. The molecule has 2 aromatic carbocycles. The molecule has 2 amide bonds. The average Bonchev–Trinajstić information content (AvgIpc) is 3.19. The van der Waals surface area contributed by atoms with Gasteiger partial charge in [-0.15, -0.1) is 11.3 Å². The number of carbonyl (C=O) groups excluding carboxylic acids is 2. The molecule has 1 aromatic heterocycles. The standard InChI is InChI=1S/C23H21N5O3S/c24-12-14-4-7-17(8-5-14)26-21(29)13-31-18-3-1-2-15(10-18)22(30)28-23-27-19-9-6-16(25)11-20(19)32-23/h1-5,7-8,10,16H,6,9,11,13,25H2,(H,26,29)(H,27,28,30)/t16-/m0/s1. The molecule has 32 heavy (non-hydrogen) atoms. The molecule has 1 aliphatic rings. The van der Waals surface area contributed by atoms with Crippen LogP contribution in [0.1, 0.15) is 32.9 Å². The van der Waals surface area contributed by atoms with Crippen molar-refractivity contribution in [3.8, 4) is 11.8 Å². The SMILES string of the molecule is N#Cc1ccc(NC(=O)COc2cccc(C(=O)Nc3nc4c(s3)C[C@@H](N)CC4)c2)cc1. The monoisotopic (exact) mass is 447 g/mol. The number of nitriles is 1. The van der Waals surface area contributed by atoms with Crippen molar-refractivity contribution in [2.45, 2.75) is 25.3 Å². The predicted molar refractivity (Wildman–Crippen MR) is 122 cm³/mol. The van der Waals surface area contributed by atoms with E-state index in [-0.39, 0.29) is 24.5 Å². The van der Waals surface area contributed by atoms with Gasteiger partial charge in [-0.1, -0.05) is 6.07 Å². The molecule has 4 rings (SSSR count). The lowest BCUT2D eigenvalue weighted by Gasteiger charge is -2.15. The van der Waals surface area contributed by atoms with Gasteiger partial charge < -0.3 is 15.8 Å². The highest BCUT2D eigenvalue weighted by molar-refractivity contribution is 7.15. The van der Waals surface area contributed by atoms with Crippen LogP contribution in [0.3, 0.4) is 0 Å². The van der Waals surface area contributed by atoms with Gasteiger partial charge >= 0.3 is 0 Å². The summed E-state index contributed by atoms with van der Waals surface area (Å²) in [4.78, 5) is 30.4. The van der Waals surface area contributed by atoms with Crippen LogP contribution in [-0.4, -0.2) is 29.4 Å². The first-order valence-electron chi connectivity index (χ1n) is 10.1. The number of benzene rings is 2. The number of thiazole rings is 1. The fraction of sp³-hybridized carbons (Fsp3) is 0.217. The zero-order chi connectivity index (χ0) is 22.5. The topological polar surface area (TPSA) is 130 Å². The van der Waals surface area contributed by atoms with Crippen LogP contribution in [0.2, 0.25) is 0 Å². The molecule has 0 aliphatic heterocycles. The van der Waals surface area contributed by atoms with Crippen LogP contribution in [0, 0.1) is 11.3 Å². The molecular weight excluding hydrogens is 426 g/mol. The Hall–Kier alpha value is -3.74. The van der Waals surface area contributed by atoms with Crippen LogP contribution in [-0.2, 0) is 17.6 Å². The number of hydrogen-bond acceptors (Lipinski definition) is 7. The molecule has 0 spiro atoms.